The van der Waals surface area contributed by atoms with E-state index in [0.29, 0.717) is 23.9 Å². The highest BCUT2D eigenvalue weighted by Crippen LogP contribution is 2.39. The zero-order chi connectivity index (χ0) is 23.9. The van der Waals surface area contributed by atoms with Gasteiger partial charge in [-0.2, -0.15) is 13.2 Å². The molecule has 176 valence electrons. The number of nitrogens with zero attached hydrogens (tertiary/aromatic N) is 4. The number of carboxylic acid groups (broad SMARTS) is 1. The number of carbonyl (C=O) groups is 1. The van der Waals surface area contributed by atoms with Crippen molar-refractivity contribution < 1.29 is 27.5 Å². The third kappa shape index (κ3) is 4.85. The first-order valence-electron chi connectivity index (χ1n) is 10.6. The summed E-state index contributed by atoms with van der Waals surface area (Å²) in [5.41, 5.74) is 4.96. The summed E-state index contributed by atoms with van der Waals surface area (Å²) in [5, 5.41) is 19.7. The summed E-state index contributed by atoms with van der Waals surface area (Å²) in [6.45, 7) is 0. The molecule has 0 amide bonds. The average Bonchev–Trinajstić information content (AvgIpc) is 3.72. The minimum absolute atomic E-state index is 0.481. The van der Waals surface area contributed by atoms with Crippen LogP contribution in [0.1, 0.15) is 37.3 Å². The lowest BCUT2D eigenvalue weighted by Gasteiger charge is -2.03. The molecule has 0 bridgehead atoms. The summed E-state index contributed by atoms with van der Waals surface area (Å²) in [5.74, 6) is -1.66. The van der Waals surface area contributed by atoms with Gasteiger partial charge in [0.2, 0.25) is 5.89 Å². The molecule has 9 nitrogen and oxygen atoms in total. The summed E-state index contributed by atoms with van der Waals surface area (Å²) in [4.78, 5) is 21.4. The predicted molar refractivity (Wildman–Crippen MR) is 115 cm³/mol. The molecule has 3 heterocycles. The number of nitrogens with one attached hydrogen (secondary N) is 2. The lowest BCUT2D eigenvalue weighted by atomic mass is 10.1. The second kappa shape index (κ2) is 8.43. The highest BCUT2D eigenvalue weighted by atomic mass is 19.4. The Morgan fingerprint density at radius 1 is 1.15 bits per heavy atom. The van der Waals surface area contributed by atoms with E-state index in [0.717, 1.165) is 46.3 Å². The number of aromatic amines is 1. The van der Waals surface area contributed by atoms with Crippen LogP contribution in [0.5, 0.6) is 0 Å². The molecule has 2 saturated carbocycles. The molecule has 0 atom stereocenters. The monoisotopic (exact) mass is 472 g/mol. The Labute approximate surface area is 190 Å². The summed E-state index contributed by atoms with van der Waals surface area (Å²) in [6.07, 6.45) is 5.37. The Morgan fingerprint density at radius 3 is 2.59 bits per heavy atom. The minimum Gasteiger partial charge on any atom is -0.475 e. The summed E-state index contributed by atoms with van der Waals surface area (Å²) in [7, 11) is 0. The van der Waals surface area contributed by atoms with Crippen LogP contribution in [0.4, 0.5) is 19.2 Å². The van der Waals surface area contributed by atoms with Crippen LogP contribution in [-0.4, -0.2) is 48.4 Å². The van der Waals surface area contributed by atoms with Crippen LogP contribution in [0.3, 0.4) is 0 Å². The van der Waals surface area contributed by atoms with Crippen molar-refractivity contribution in [2.75, 3.05) is 5.32 Å². The highest BCUT2D eigenvalue weighted by Gasteiger charge is 2.38. The van der Waals surface area contributed by atoms with Crippen LogP contribution in [-0.2, 0) is 4.79 Å². The van der Waals surface area contributed by atoms with Crippen LogP contribution in [0.15, 0.2) is 41.2 Å². The molecule has 0 aliphatic heterocycles. The molecule has 6 rings (SSSR count). The zero-order valence-corrected chi connectivity index (χ0v) is 17.6. The molecule has 2 fully saturated rings. The second-order valence-corrected chi connectivity index (χ2v) is 8.20. The van der Waals surface area contributed by atoms with Crippen molar-refractivity contribution in [1.29, 1.82) is 0 Å². The van der Waals surface area contributed by atoms with E-state index >= 15 is 0 Å². The Bertz CT molecular complexity index is 1340. The molecule has 0 radical (unpaired) electrons. The van der Waals surface area contributed by atoms with Gasteiger partial charge in [-0.25, -0.2) is 9.78 Å². The molecular formula is C22H19F3N6O3. The predicted octanol–water partition coefficient (Wildman–Crippen LogP) is 4.76. The van der Waals surface area contributed by atoms with Gasteiger partial charge in [0.25, 0.3) is 0 Å². The lowest BCUT2D eigenvalue weighted by Crippen LogP contribution is -2.21. The van der Waals surface area contributed by atoms with Crippen molar-refractivity contribution in [2.45, 2.75) is 43.8 Å². The standard InChI is InChI=1S/C20H18N6O.C2HF3O2/c1-2-11(1)17-9-21-10-18(24-17)15-8-22-16-6-3-12(7-14(15)16)19-25-26-20(27-19)23-13-4-5-13;3-2(4,5)1(6)7/h3,6-11,13,22H,1-2,4-5H2,(H,23,26);(H,6,7). The number of alkyl halides is 3. The first kappa shape index (κ1) is 21.9. The maximum absolute atomic E-state index is 10.6. The smallest absolute Gasteiger partial charge is 0.475 e. The highest BCUT2D eigenvalue weighted by molar-refractivity contribution is 5.96. The number of fused-ring (bicyclic) bond motifs is 1. The maximum atomic E-state index is 10.6. The van der Waals surface area contributed by atoms with E-state index in [9.17, 15) is 13.2 Å². The van der Waals surface area contributed by atoms with E-state index in [-0.39, 0.29) is 0 Å². The minimum atomic E-state index is -5.08. The number of H-pyrrole nitrogens is 1. The van der Waals surface area contributed by atoms with Crippen molar-refractivity contribution in [3.63, 3.8) is 0 Å². The van der Waals surface area contributed by atoms with E-state index in [1.54, 1.807) is 0 Å². The Morgan fingerprint density at radius 2 is 1.91 bits per heavy atom. The SMILES string of the molecule is O=C(O)C(F)(F)F.c1cc2[nH]cc(-c3cncc(C4CC4)n3)c2cc1-c1nnc(NC2CC2)o1. The number of aromatic nitrogens is 5. The van der Waals surface area contributed by atoms with E-state index < -0.39 is 12.1 Å². The third-order valence-electron chi connectivity index (χ3n) is 5.43. The summed E-state index contributed by atoms with van der Waals surface area (Å²) >= 11 is 0. The molecule has 3 aromatic heterocycles. The molecule has 2 aliphatic carbocycles. The van der Waals surface area contributed by atoms with Gasteiger partial charge in [-0.05, 0) is 43.9 Å². The number of rotatable bonds is 5. The topological polar surface area (TPSA) is 130 Å². The van der Waals surface area contributed by atoms with Gasteiger partial charge in [-0.3, -0.25) is 4.98 Å². The molecule has 4 aromatic rings. The van der Waals surface area contributed by atoms with E-state index in [4.69, 9.17) is 19.3 Å². The normalized spacial score (nSPS) is 15.6. The fourth-order valence-electron chi connectivity index (χ4n) is 3.35. The molecule has 0 saturated heterocycles. The van der Waals surface area contributed by atoms with Crippen LogP contribution < -0.4 is 5.32 Å². The fraction of sp³-hybridized carbons (Fsp3) is 0.318. The molecule has 3 N–H and O–H groups in total. The Hall–Kier alpha value is -3.96. The summed E-state index contributed by atoms with van der Waals surface area (Å²) < 4.78 is 37.5. The van der Waals surface area contributed by atoms with E-state index in [2.05, 4.69) is 31.5 Å². The molecule has 0 spiro atoms. The second-order valence-electron chi connectivity index (χ2n) is 8.20. The number of hydrogen-bond donors (Lipinski definition) is 3. The van der Waals surface area contributed by atoms with Gasteiger partial charge in [0, 0.05) is 46.4 Å². The largest absolute Gasteiger partial charge is 0.490 e. The van der Waals surface area contributed by atoms with Crippen molar-refractivity contribution in [1.82, 2.24) is 25.1 Å². The number of halogens is 3. The number of hydrogen-bond acceptors (Lipinski definition) is 7. The third-order valence-corrected chi connectivity index (χ3v) is 5.43. The van der Waals surface area contributed by atoms with Crippen molar-refractivity contribution in [3.05, 3.63) is 42.5 Å². The average molecular weight is 472 g/mol. The fourth-order valence-corrected chi connectivity index (χ4v) is 3.35. The molecular weight excluding hydrogens is 453 g/mol. The van der Waals surface area contributed by atoms with Gasteiger partial charge in [0.15, 0.2) is 0 Å². The van der Waals surface area contributed by atoms with Crippen molar-refractivity contribution >= 4 is 22.9 Å². The van der Waals surface area contributed by atoms with Gasteiger partial charge in [-0.15, -0.1) is 5.10 Å². The Kier molecular flexibility index (Phi) is 5.42. The molecule has 34 heavy (non-hydrogen) atoms. The molecule has 0 unspecified atom stereocenters. The van der Waals surface area contributed by atoms with Gasteiger partial charge >= 0.3 is 18.2 Å². The maximum Gasteiger partial charge on any atom is 0.490 e. The van der Waals surface area contributed by atoms with E-state index in [1.807, 2.05) is 30.7 Å². The summed E-state index contributed by atoms with van der Waals surface area (Å²) in [6, 6.07) is 7.06. The van der Waals surface area contributed by atoms with Gasteiger partial charge in [0.1, 0.15) is 0 Å². The van der Waals surface area contributed by atoms with Crippen LogP contribution in [0.2, 0.25) is 0 Å². The van der Waals surface area contributed by atoms with Crippen LogP contribution in [0.25, 0.3) is 33.6 Å². The molecule has 1 aromatic carbocycles. The number of benzene rings is 1. The van der Waals surface area contributed by atoms with Crippen molar-refractivity contribution in [2.24, 2.45) is 0 Å². The van der Waals surface area contributed by atoms with E-state index in [1.165, 1.54) is 12.8 Å². The van der Waals surface area contributed by atoms with Gasteiger partial charge in [0.05, 0.1) is 17.6 Å². The molecule has 12 heteroatoms. The van der Waals surface area contributed by atoms with Crippen LogP contribution in [0, 0.1) is 0 Å². The Balaban J connectivity index is 0.000000304. The van der Waals surface area contributed by atoms with Gasteiger partial charge in [-0.1, -0.05) is 5.10 Å². The van der Waals surface area contributed by atoms with Crippen molar-refractivity contribution in [3.8, 4) is 22.7 Å². The number of aliphatic carboxylic acids is 1. The first-order valence-corrected chi connectivity index (χ1v) is 10.6. The first-order chi connectivity index (χ1) is 16.3. The van der Waals surface area contributed by atoms with Crippen LogP contribution >= 0.6 is 0 Å². The molecule has 2 aliphatic rings. The number of anilines is 1. The lowest BCUT2D eigenvalue weighted by molar-refractivity contribution is -0.192. The zero-order valence-electron chi connectivity index (χ0n) is 17.6. The van der Waals surface area contributed by atoms with Gasteiger partial charge < -0.3 is 19.8 Å². The number of carboxylic acids is 1. The quantitative estimate of drug-likeness (QED) is 0.379.